The van der Waals surface area contributed by atoms with Gasteiger partial charge in [0.1, 0.15) is 5.75 Å². The van der Waals surface area contributed by atoms with Crippen LogP contribution in [0.4, 0.5) is 0 Å². The van der Waals surface area contributed by atoms with Crippen molar-refractivity contribution in [2.75, 3.05) is 19.7 Å². The molecule has 0 aliphatic carbocycles. The summed E-state index contributed by atoms with van der Waals surface area (Å²) in [5.41, 5.74) is 1.94. The largest absolute Gasteiger partial charge is 0.494 e. The average molecular weight is 375 g/mol. The standard InChI is InChI=1S/C20H23ClN2O3/c1-2-26-18-8-7-16(21)11-17(18)19(14-5-3-9-22-12-14)23-10-4-6-15(13-23)20(24)25/h3,5,7-9,11-12,15,19H,2,4,6,10,13H2,1H3,(H,24,25). The Labute approximate surface area is 158 Å². The van der Waals surface area contributed by atoms with Crippen molar-refractivity contribution in [2.45, 2.75) is 25.8 Å². The molecule has 1 aliphatic rings. The van der Waals surface area contributed by atoms with Crippen LogP contribution in [0.15, 0.2) is 42.7 Å². The fourth-order valence-electron chi connectivity index (χ4n) is 3.59. The maximum Gasteiger partial charge on any atom is 0.307 e. The number of aromatic nitrogens is 1. The number of likely N-dealkylation sites (tertiary alicyclic amines) is 1. The van der Waals surface area contributed by atoms with E-state index >= 15 is 0 Å². The fourth-order valence-corrected chi connectivity index (χ4v) is 3.77. The SMILES string of the molecule is CCOc1ccc(Cl)cc1C(c1cccnc1)N1CCCC(C(=O)O)C1. The van der Waals surface area contributed by atoms with Gasteiger partial charge in [-0.25, -0.2) is 0 Å². The van der Waals surface area contributed by atoms with Gasteiger partial charge in [0.05, 0.1) is 18.6 Å². The van der Waals surface area contributed by atoms with Crippen molar-refractivity contribution in [3.63, 3.8) is 0 Å². The molecule has 1 aromatic carbocycles. The number of aliphatic carboxylic acids is 1. The van der Waals surface area contributed by atoms with Crippen LogP contribution in [-0.2, 0) is 4.79 Å². The highest BCUT2D eigenvalue weighted by molar-refractivity contribution is 6.30. The van der Waals surface area contributed by atoms with E-state index in [9.17, 15) is 9.90 Å². The van der Waals surface area contributed by atoms with Gasteiger partial charge >= 0.3 is 5.97 Å². The van der Waals surface area contributed by atoms with Crippen molar-refractivity contribution in [1.29, 1.82) is 0 Å². The number of hydrogen-bond donors (Lipinski definition) is 1. The smallest absolute Gasteiger partial charge is 0.307 e. The van der Waals surface area contributed by atoms with Crippen LogP contribution in [0.5, 0.6) is 5.75 Å². The van der Waals surface area contributed by atoms with Gasteiger partial charge in [-0.05, 0) is 56.1 Å². The molecule has 0 bridgehead atoms. The van der Waals surface area contributed by atoms with E-state index in [0.717, 1.165) is 29.8 Å². The molecule has 2 heterocycles. The number of nitrogens with zero attached hydrogens (tertiary/aromatic N) is 2. The lowest BCUT2D eigenvalue weighted by molar-refractivity contribution is -0.143. The zero-order chi connectivity index (χ0) is 18.5. The molecule has 0 saturated carbocycles. The number of halogens is 1. The van der Waals surface area contributed by atoms with E-state index in [4.69, 9.17) is 16.3 Å². The fraction of sp³-hybridized carbons (Fsp3) is 0.400. The summed E-state index contributed by atoms with van der Waals surface area (Å²) < 4.78 is 5.84. The van der Waals surface area contributed by atoms with Crippen molar-refractivity contribution in [3.8, 4) is 5.75 Å². The summed E-state index contributed by atoms with van der Waals surface area (Å²) in [6.45, 7) is 3.80. The molecule has 3 rings (SSSR count). The van der Waals surface area contributed by atoms with Gasteiger partial charge < -0.3 is 9.84 Å². The molecule has 0 radical (unpaired) electrons. The number of benzene rings is 1. The highest BCUT2D eigenvalue weighted by atomic mass is 35.5. The number of carboxylic acid groups (broad SMARTS) is 1. The van der Waals surface area contributed by atoms with E-state index in [1.165, 1.54) is 0 Å². The first-order valence-electron chi connectivity index (χ1n) is 8.89. The molecule has 2 aromatic rings. The van der Waals surface area contributed by atoms with Crippen LogP contribution < -0.4 is 4.74 Å². The third kappa shape index (κ3) is 4.17. The number of pyridine rings is 1. The van der Waals surface area contributed by atoms with Gasteiger partial charge in [0.15, 0.2) is 0 Å². The van der Waals surface area contributed by atoms with Gasteiger partial charge in [-0.2, -0.15) is 0 Å². The Morgan fingerprint density at radius 2 is 2.31 bits per heavy atom. The van der Waals surface area contributed by atoms with Gasteiger partial charge in [-0.15, -0.1) is 0 Å². The molecule has 26 heavy (non-hydrogen) atoms. The molecular weight excluding hydrogens is 352 g/mol. The first kappa shape index (κ1) is 18.7. The summed E-state index contributed by atoms with van der Waals surface area (Å²) in [7, 11) is 0. The van der Waals surface area contributed by atoms with E-state index in [2.05, 4.69) is 9.88 Å². The zero-order valence-electron chi connectivity index (χ0n) is 14.8. The normalized spacial score (nSPS) is 19.1. The second kappa shape index (κ2) is 8.52. The Kier molecular flexibility index (Phi) is 6.12. The molecule has 138 valence electrons. The Morgan fingerprint density at radius 1 is 1.46 bits per heavy atom. The molecule has 1 fully saturated rings. The number of piperidine rings is 1. The maximum absolute atomic E-state index is 11.5. The summed E-state index contributed by atoms with van der Waals surface area (Å²) in [6.07, 6.45) is 5.11. The van der Waals surface area contributed by atoms with Crippen molar-refractivity contribution >= 4 is 17.6 Å². The van der Waals surface area contributed by atoms with Crippen LogP contribution in [-0.4, -0.2) is 40.7 Å². The molecule has 1 saturated heterocycles. The predicted molar refractivity (Wildman–Crippen MR) is 101 cm³/mol. The molecule has 0 spiro atoms. The molecule has 6 heteroatoms. The average Bonchev–Trinajstić information content (AvgIpc) is 2.65. The number of hydrogen-bond acceptors (Lipinski definition) is 4. The third-order valence-electron chi connectivity index (χ3n) is 4.73. The molecule has 1 aromatic heterocycles. The number of carboxylic acids is 1. The highest BCUT2D eigenvalue weighted by Gasteiger charge is 2.32. The molecule has 1 aliphatic heterocycles. The van der Waals surface area contributed by atoms with Gasteiger partial charge in [-0.1, -0.05) is 17.7 Å². The number of rotatable bonds is 6. The Balaban J connectivity index is 2.05. The van der Waals surface area contributed by atoms with Crippen molar-refractivity contribution in [2.24, 2.45) is 5.92 Å². The third-order valence-corrected chi connectivity index (χ3v) is 4.97. The first-order valence-corrected chi connectivity index (χ1v) is 9.27. The Morgan fingerprint density at radius 3 is 3.00 bits per heavy atom. The van der Waals surface area contributed by atoms with Crippen LogP contribution >= 0.6 is 11.6 Å². The molecule has 1 N–H and O–H groups in total. The van der Waals surface area contributed by atoms with Crippen molar-refractivity contribution in [1.82, 2.24) is 9.88 Å². The predicted octanol–water partition coefficient (Wildman–Crippen LogP) is 4.02. The lowest BCUT2D eigenvalue weighted by atomic mass is 9.91. The second-order valence-electron chi connectivity index (χ2n) is 6.48. The van der Waals surface area contributed by atoms with Crippen LogP contribution in [0.3, 0.4) is 0 Å². The molecular formula is C20H23ClN2O3. The lowest BCUT2D eigenvalue weighted by Crippen LogP contribution is -2.41. The summed E-state index contributed by atoms with van der Waals surface area (Å²) >= 11 is 6.28. The minimum Gasteiger partial charge on any atom is -0.494 e. The Hall–Kier alpha value is -2.11. The summed E-state index contributed by atoms with van der Waals surface area (Å²) in [5.74, 6) is -0.336. The van der Waals surface area contributed by atoms with Crippen molar-refractivity contribution < 1.29 is 14.6 Å². The zero-order valence-corrected chi connectivity index (χ0v) is 15.5. The second-order valence-corrected chi connectivity index (χ2v) is 6.91. The molecule has 0 amide bonds. The van der Waals surface area contributed by atoms with E-state index in [0.29, 0.717) is 24.6 Å². The highest BCUT2D eigenvalue weighted by Crippen LogP contribution is 2.38. The number of ether oxygens (including phenoxy) is 1. The topological polar surface area (TPSA) is 62.7 Å². The number of carbonyl (C=O) groups is 1. The molecule has 2 unspecified atom stereocenters. The van der Waals surface area contributed by atoms with Gasteiger partial charge in [0.2, 0.25) is 0 Å². The first-order chi connectivity index (χ1) is 12.6. The minimum absolute atomic E-state index is 0.147. The van der Waals surface area contributed by atoms with Gasteiger partial charge in [0.25, 0.3) is 0 Å². The van der Waals surface area contributed by atoms with Crippen molar-refractivity contribution in [3.05, 3.63) is 58.9 Å². The van der Waals surface area contributed by atoms with E-state index in [1.54, 1.807) is 6.20 Å². The summed E-state index contributed by atoms with van der Waals surface area (Å²) in [4.78, 5) is 18.0. The van der Waals surface area contributed by atoms with E-state index < -0.39 is 5.97 Å². The Bertz CT molecular complexity index is 754. The van der Waals surface area contributed by atoms with Crippen LogP contribution in [0, 0.1) is 5.92 Å². The van der Waals surface area contributed by atoms with E-state index in [-0.39, 0.29) is 12.0 Å². The summed E-state index contributed by atoms with van der Waals surface area (Å²) in [6, 6.07) is 9.36. The van der Waals surface area contributed by atoms with Gasteiger partial charge in [-0.3, -0.25) is 14.7 Å². The lowest BCUT2D eigenvalue weighted by Gasteiger charge is -2.38. The minimum atomic E-state index is -0.740. The van der Waals surface area contributed by atoms with E-state index in [1.807, 2.05) is 43.5 Å². The monoisotopic (exact) mass is 374 g/mol. The quantitative estimate of drug-likeness (QED) is 0.827. The van der Waals surface area contributed by atoms with Crippen LogP contribution in [0.25, 0.3) is 0 Å². The van der Waals surface area contributed by atoms with Crippen LogP contribution in [0.2, 0.25) is 5.02 Å². The molecule has 5 nitrogen and oxygen atoms in total. The maximum atomic E-state index is 11.5. The van der Waals surface area contributed by atoms with Crippen LogP contribution in [0.1, 0.15) is 36.9 Å². The summed E-state index contributed by atoms with van der Waals surface area (Å²) in [5, 5.41) is 10.1. The van der Waals surface area contributed by atoms with Gasteiger partial charge in [0, 0.05) is 29.5 Å². The molecule has 2 atom stereocenters.